The molecule has 4 atom stereocenters. The fourth-order valence-corrected chi connectivity index (χ4v) is 9.59. The van der Waals surface area contributed by atoms with Crippen molar-refractivity contribution in [2.75, 3.05) is 70.7 Å². The van der Waals surface area contributed by atoms with Gasteiger partial charge in [0.15, 0.2) is 34.2 Å². The van der Waals surface area contributed by atoms with Gasteiger partial charge in [-0.2, -0.15) is 0 Å². The van der Waals surface area contributed by atoms with Gasteiger partial charge in [0.25, 0.3) is 23.6 Å². The van der Waals surface area contributed by atoms with E-state index in [1.54, 1.807) is 37.7 Å². The molecule has 4 aliphatic heterocycles. The summed E-state index contributed by atoms with van der Waals surface area (Å²) in [7, 11) is 4.13. The molecule has 20 nitrogen and oxygen atoms in total. The first kappa shape index (κ1) is 49.9. The van der Waals surface area contributed by atoms with Crippen molar-refractivity contribution < 1.29 is 66.3 Å². The molecular formula is C45H50F4N8O12. The number of carbonyl (C=O) groups excluding carboxylic acids is 4. The number of amides is 4. The lowest BCUT2D eigenvalue weighted by Crippen LogP contribution is -2.70. The van der Waals surface area contributed by atoms with Crippen LogP contribution < -0.4 is 36.2 Å². The second kappa shape index (κ2) is 18.8. The van der Waals surface area contributed by atoms with Crippen molar-refractivity contribution in [2.24, 2.45) is 0 Å². The van der Waals surface area contributed by atoms with Crippen molar-refractivity contribution in [1.29, 1.82) is 0 Å². The SMILES string of the molecule is CCN1C(=O)c2c(O)c(=O)c(C(=O)NCc3ccc(F)cc3F)c3n2N(CC3O)C1(C)COC.CCN1C(=O)c2c(OC)c(=O)c(C(=O)NCc3ccc(F)cc3F)c3n2N(CC3O)C1(C)COC. The summed E-state index contributed by atoms with van der Waals surface area (Å²) in [5.41, 5.74) is -5.90. The van der Waals surface area contributed by atoms with E-state index in [0.29, 0.717) is 12.1 Å². The molecule has 8 rings (SSSR count). The fraction of sp³-hybridized carbons (Fsp3) is 0.422. The zero-order chi connectivity index (χ0) is 50.6. The predicted octanol–water partition coefficient (Wildman–Crippen LogP) is 1.47. The van der Waals surface area contributed by atoms with Crippen LogP contribution in [0.1, 0.15) is 104 Å². The molecule has 0 aliphatic carbocycles. The highest BCUT2D eigenvalue weighted by molar-refractivity contribution is 6.02. The van der Waals surface area contributed by atoms with Gasteiger partial charge in [-0.15, -0.1) is 0 Å². The number of nitrogens with one attached hydrogen (secondary N) is 2. The smallest absolute Gasteiger partial charge is 0.278 e. The lowest BCUT2D eigenvalue weighted by molar-refractivity contribution is -0.00138. The number of hydrogen-bond donors (Lipinski definition) is 5. The Morgan fingerprint density at radius 1 is 0.681 bits per heavy atom. The first-order valence-electron chi connectivity index (χ1n) is 21.5. The van der Waals surface area contributed by atoms with E-state index >= 15 is 0 Å². The molecule has 4 amide bonds. The fourth-order valence-electron chi connectivity index (χ4n) is 9.59. The minimum absolute atomic E-state index is 0.00445. The minimum Gasteiger partial charge on any atom is -0.502 e. The van der Waals surface area contributed by atoms with Crippen molar-refractivity contribution in [2.45, 2.75) is 64.3 Å². The average molecular weight is 971 g/mol. The van der Waals surface area contributed by atoms with E-state index in [4.69, 9.17) is 14.2 Å². The van der Waals surface area contributed by atoms with Gasteiger partial charge in [0.05, 0.1) is 44.8 Å². The Bertz CT molecular complexity index is 2900. The maximum absolute atomic E-state index is 14.0. The van der Waals surface area contributed by atoms with Crippen molar-refractivity contribution in [3.8, 4) is 11.5 Å². The van der Waals surface area contributed by atoms with Crippen molar-refractivity contribution in [3.63, 3.8) is 0 Å². The number of nitrogens with zero attached hydrogens (tertiary/aromatic N) is 6. The molecule has 0 radical (unpaired) electrons. The highest BCUT2D eigenvalue weighted by atomic mass is 19.1. The standard InChI is InChI=1S/C23H26F2N4O6.C22H24F2N4O6/c1-5-27-22(33)18-20(35-4)19(31)16(21(32)26-9-12-6-7-13(24)8-14(12)25)17-15(30)10-28(29(17)18)23(27,2)11-34-3;1-4-26-21(33)17-19(31)18(30)15(20(32)25-8-11-5-6-12(23)7-13(11)24)16-14(29)9-27(28(16)17)22(26,2)10-34-3/h6-8,15,30H,5,9-11H2,1-4H3,(H,26,32);5-7,14,29,31H,4,8-10H2,1-3H3,(H,25,32). The Morgan fingerprint density at radius 3 is 1.48 bits per heavy atom. The van der Waals surface area contributed by atoms with E-state index < -0.39 is 98.2 Å². The summed E-state index contributed by atoms with van der Waals surface area (Å²) < 4.78 is 72.9. The largest absolute Gasteiger partial charge is 0.502 e. The molecule has 69 heavy (non-hydrogen) atoms. The summed E-state index contributed by atoms with van der Waals surface area (Å²) in [4.78, 5) is 82.2. The Hall–Kier alpha value is -7.02. The second-order valence-electron chi connectivity index (χ2n) is 16.8. The van der Waals surface area contributed by atoms with Crippen LogP contribution in [0.5, 0.6) is 11.5 Å². The van der Waals surface area contributed by atoms with Gasteiger partial charge in [0.1, 0.15) is 46.6 Å². The van der Waals surface area contributed by atoms with Gasteiger partial charge >= 0.3 is 0 Å². The normalized spacial score (nSPS) is 20.9. The number of benzene rings is 2. The molecule has 2 aromatic carbocycles. The van der Waals surface area contributed by atoms with Crippen LogP contribution in [0.2, 0.25) is 0 Å². The van der Waals surface area contributed by atoms with E-state index in [1.807, 2.05) is 0 Å². The van der Waals surface area contributed by atoms with Gasteiger partial charge in [-0.05, 0) is 39.8 Å². The molecule has 0 spiro atoms. The number of methoxy groups -OCH3 is 3. The van der Waals surface area contributed by atoms with Crippen LogP contribution in [-0.2, 0) is 22.6 Å². The highest BCUT2D eigenvalue weighted by Gasteiger charge is 2.55. The van der Waals surface area contributed by atoms with E-state index in [-0.39, 0.29) is 92.1 Å². The van der Waals surface area contributed by atoms with Crippen LogP contribution in [0.4, 0.5) is 17.6 Å². The maximum atomic E-state index is 14.0. The number of aromatic hydroxyl groups is 1. The summed E-state index contributed by atoms with van der Waals surface area (Å²) in [6.45, 7) is 6.74. The lowest BCUT2D eigenvalue weighted by atomic mass is 10.0. The number of aliphatic hydroxyl groups excluding tert-OH is 2. The van der Waals surface area contributed by atoms with Crippen LogP contribution in [-0.4, -0.2) is 130 Å². The molecule has 0 saturated carbocycles. The summed E-state index contributed by atoms with van der Waals surface area (Å²) in [6.07, 6.45) is -2.65. The summed E-state index contributed by atoms with van der Waals surface area (Å²) in [5, 5.41) is 40.5. The quantitative estimate of drug-likeness (QED) is 0.119. The molecule has 0 bridgehead atoms. The molecule has 24 heteroatoms. The van der Waals surface area contributed by atoms with Crippen LogP contribution in [0.15, 0.2) is 46.0 Å². The van der Waals surface area contributed by atoms with Gasteiger partial charge in [-0.3, -0.25) is 38.8 Å². The number of likely N-dealkylation sites (N-methyl/N-ethyl adjacent to an activating group) is 2. The average Bonchev–Trinajstić information content (AvgIpc) is 3.82. The van der Waals surface area contributed by atoms with Crippen molar-refractivity contribution in [3.05, 3.63) is 125 Å². The maximum Gasteiger partial charge on any atom is 0.278 e. The third-order valence-electron chi connectivity index (χ3n) is 12.7. The number of pyridine rings is 2. The lowest BCUT2D eigenvalue weighted by Gasteiger charge is -2.51. The molecule has 6 heterocycles. The number of rotatable bonds is 13. The van der Waals surface area contributed by atoms with E-state index in [0.717, 1.165) is 18.2 Å². The number of halogens is 4. The number of carbonyl (C=O) groups is 4. The first-order chi connectivity index (χ1) is 32.7. The molecule has 2 aromatic heterocycles. The van der Waals surface area contributed by atoms with Gasteiger partial charge in [-0.1, -0.05) is 12.1 Å². The monoisotopic (exact) mass is 970 g/mol. The summed E-state index contributed by atoms with van der Waals surface area (Å²) >= 11 is 0. The Labute approximate surface area is 390 Å². The molecule has 370 valence electrons. The van der Waals surface area contributed by atoms with Crippen LogP contribution in [0, 0.1) is 23.3 Å². The molecule has 4 unspecified atom stereocenters. The molecule has 4 aliphatic rings. The van der Waals surface area contributed by atoms with Crippen LogP contribution >= 0.6 is 0 Å². The summed E-state index contributed by atoms with van der Waals surface area (Å²) in [5.74, 6) is -7.67. The zero-order valence-corrected chi connectivity index (χ0v) is 38.5. The molecule has 0 saturated heterocycles. The molecule has 0 fully saturated rings. The Balaban J connectivity index is 0.000000204. The first-order valence-corrected chi connectivity index (χ1v) is 21.5. The molecular weight excluding hydrogens is 921 g/mol. The van der Waals surface area contributed by atoms with Gasteiger partial charge in [0, 0.05) is 63.7 Å². The number of aromatic nitrogens is 2. The van der Waals surface area contributed by atoms with E-state index in [2.05, 4.69) is 10.6 Å². The van der Waals surface area contributed by atoms with Gasteiger partial charge < -0.3 is 50.0 Å². The summed E-state index contributed by atoms with van der Waals surface area (Å²) in [6, 6.07) is 5.73. The van der Waals surface area contributed by atoms with Gasteiger partial charge in [0.2, 0.25) is 10.9 Å². The Morgan fingerprint density at radius 2 is 1.09 bits per heavy atom. The predicted molar refractivity (Wildman–Crippen MR) is 235 cm³/mol. The van der Waals surface area contributed by atoms with E-state index in [1.165, 1.54) is 46.5 Å². The van der Waals surface area contributed by atoms with Crippen LogP contribution in [0.25, 0.3) is 0 Å². The van der Waals surface area contributed by atoms with Gasteiger partial charge in [-0.25, -0.2) is 26.9 Å². The zero-order valence-electron chi connectivity index (χ0n) is 38.5. The molecule has 4 aromatic rings. The van der Waals surface area contributed by atoms with Crippen LogP contribution in [0.3, 0.4) is 0 Å². The Kier molecular flexibility index (Phi) is 13.6. The number of aliphatic hydroxyl groups is 2. The molecule has 5 N–H and O–H groups in total. The number of hydrogen-bond acceptors (Lipinski definition) is 14. The van der Waals surface area contributed by atoms with E-state index in [9.17, 15) is 61.6 Å². The highest BCUT2D eigenvalue weighted by Crippen LogP contribution is 2.41. The third-order valence-corrected chi connectivity index (χ3v) is 12.7. The topological polar surface area (TPSA) is 238 Å². The number of ether oxygens (including phenoxy) is 3. The second-order valence-corrected chi connectivity index (χ2v) is 16.8. The minimum atomic E-state index is -1.35. The van der Waals surface area contributed by atoms with Crippen molar-refractivity contribution in [1.82, 2.24) is 29.8 Å². The third kappa shape index (κ3) is 7.99. The van der Waals surface area contributed by atoms with Crippen molar-refractivity contribution >= 4 is 23.6 Å².